The highest BCUT2D eigenvalue weighted by Gasteiger charge is 2.26. The maximum atomic E-state index is 12.6. The summed E-state index contributed by atoms with van der Waals surface area (Å²) in [5.74, 6) is 0.427. The summed E-state index contributed by atoms with van der Waals surface area (Å²) in [6.07, 6.45) is 1.86. The van der Waals surface area contributed by atoms with Gasteiger partial charge in [0.05, 0.1) is 12.2 Å². The Morgan fingerprint density at radius 2 is 2.08 bits per heavy atom. The number of benzene rings is 2. The molecule has 0 aromatic heterocycles. The molecule has 2 aromatic carbocycles. The first-order valence-corrected chi connectivity index (χ1v) is 8.60. The zero-order valence-corrected chi connectivity index (χ0v) is 14.4. The summed E-state index contributed by atoms with van der Waals surface area (Å²) in [7, 11) is 0. The Labute approximate surface area is 151 Å². The number of nitrogens with zero attached hydrogens (tertiary/aromatic N) is 1. The molecule has 132 valence electrons. The van der Waals surface area contributed by atoms with Crippen molar-refractivity contribution in [2.75, 3.05) is 19.7 Å². The van der Waals surface area contributed by atoms with Gasteiger partial charge in [-0.1, -0.05) is 17.7 Å². The number of halogens is 1. The molecule has 0 saturated carbocycles. The van der Waals surface area contributed by atoms with E-state index in [0.29, 0.717) is 30.5 Å². The highest BCUT2D eigenvalue weighted by Crippen LogP contribution is 2.26. The van der Waals surface area contributed by atoms with Gasteiger partial charge in [0.15, 0.2) is 0 Å². The van der Waals surface area contributed by atoms with E-state index in [1.165, 1.54) is 18.2 Å². The Morgan fingerprint density at radius 1 is 1.24 bits per heavy atom. The number of hydrogen-bond acceptors (Lipinski definition) is 4. The van der Waals surface area contributed by atoms with Gasteiger partial charge in [-0.15, -0.1) is 0 Å². The Bertz CT molecular complexity index is 765. The number of likely N-dealkylation sites (tertiary alicyclic amines) is 1. The summed E-state index contributed by atoms with van der Waals surface area (Å²) in [4.78, 5) is 14.3. The molecule has 5 nitrogen and oxygen atoms in total. The number of amides is 1. The number of carbonyl (C=O) groups is 1. The molecule has 1 heterocycles. The fourth-order valence-corrected chi connectivity index (χ4v) is 3.21. The molecule has 0 radical (unpaired) electrons. The highest BCUT2D eigenvalue weighted by atomic mass is 35.5. The van der Waals surface area contributed by atoms with Gasteiger partial charge in [-0.2, -0.15) is 0 Å². The summed E-state index contributed by atoms with van der Waals surface area (Å²) in [6.45, 7) is 1.72. The van der Waals surface area contributed by atoms with E-state index in [0.717, 1.165) is 12.8 Å². The number of piperidine rings is 1. The molecule has 2 N–H and O–H groups in total. The Morgan fingerprint density at radius 3 is 2.84 bits per heavy atom. The molecule has 1 unspecified atom stereocenters. The third-order valence-corrected chi connectivity index (χ3v) is 4.53. The van der Waals surface area contributed by atoms with Crippen molar-refractivity contribution < 1.29 is 19.7 Å². The summed E-state index contributed by atoms with van der Waals surface area (Å²) in [5.41, 5.74) is 0.203. The summed E-state index contributed by atoms with van der Waals surface area (Å²) >= 11 is 5.95. The van der Waals surface area contributed by atoms with Gasteiger partial charge in [0.2, 0.25) is 0 Å². The molecular weight excluding hydrogens is 342 g/mol. The van der Waals surface area contributed by atoms with E-state index in [2.05, 4.69) is 0 Å². The lowest BCUT2D eigenvalue weighted by molar-refractivity contribution is 0.0630. The first-order chi connectivity index (χ1) is 12.0. The van der Waals surface area contributed by atoms with Gasteiger partial charge in [-0.25, -0.2) is 0 Å². The summed E-state index contributed by atoms with van der Waals surface area (Å²) < 4.78 is 5.79. The van der Waals surface area contributed by atoms with Crippen LogP contribution in [0.2, 0.25) is 5.02 Å². The molecule has 1 fully saturated rings. The Hall–Kier alpha value is -2.40. The minimum absolute atomic E-state index is 0.0690. The first kappa shape index (κ1) is 17.4. The zero-order chi connectivity index (χ0) is 17.8. The van der Waals surface area contributed by atoms with Crippen molar-refractivity contribution in [3.63, 3.8) is 0 Å². The average Bonchev–Trinajstić information content (AvgIpc) is 2.60. The van der Waals surface area contributed by atoms with Gasteiger partial charge < -0.3 is 19.8 Å². The third-order valence-electron chi connectivity index (χ3n) is 4.30. The highest BCUT2D eigenvalue weighted by molar-refractivity contribution is 6.30. The molecule has 1 aliphatic rings. The van der Waals surface area contributed by atoms with Gasteiger partial charge in [0.25, 0.3) is 5.91 Å². The SMILES string of the molecule is O=C(c1ccc(O)cc1O)N1CCCC(COc2cccc(Cl)c2)C1. The molecule has 1 amide bonds. The van der Waals surface area contributed by atoms with E-state index in [-0.39, 0.29) is 28.9 Å². The monoisotopic (exact) mass is 361 g/mol. The van der Waals surface area contributed by atoms with Crippen LogP contribution >= 0.6 is 11.6 Å². The van der Waals surface area contributed by atoms with Crippen molar-refractivity contribution in [1.82, 2.24) is 4.90 Å². The molecule has 25 heavy (non-hydrogen) atoms. The second-order valence-corrected chi connectivity index (χ2v) is 6.67. The van der Waals surface area contributed by atoms with E-state index in [1.807, 2.05) is 12.1 Å². The van der Waals surface area contributed by atoms with Crippen LogP contribution in [-0.4, -0.2) is 40.7 Å². The van der Waals surface area contributed by atoms with Gasteiger partial charge in [0.1, 0.15) is 17.2 Å². The quantitative estimate of drug-likeness (QED) is 0.871. The fraction of sp³-hybridized carbons (Fsp3) is 0.316. The predicted molar refractivity (Wildman–Crippen MR) is 95.3 cm³/mol. The fourth-order valence-electron chi connectivity index (χ4n) is 3.03. The van der Waals surface area contributed by atoms with E-state index < -0.39 is 0 Å². The number of rotatable bonds is 4. The van der Waals surface area contributed by atoms with Crippen LogP contribution in [0.1, 0.15) is 23.2 Å². The molecule has 0 bridgehead atoms. The second-order valence-electron chi connectivity index (χ2n) is 6.23. The predicted octanol–water partition coefficient (Wildman–Crippen LogP) is 3.68. The van der Waals surface area contributed by atoms with Gasteiger partial charge >= 0.3 is 0 Å². The van der Waals surface area contributed by atoms with Gasteiger partial charge in [0, 0.05) is 30.1 Å². The van der Waals surface area contributed by atoms with Gasteiger partial charge in [-0.3, -0.25) is 4.79 Å². The van der Waals surface area contributed by atoms with Crippen LogP contribution in [0.15, 0.2) is 42.5 Å². The zero-order valence-electron chi connectivity index (χ0n) is 13.7. The van der Waals surface area contributed by atoms with Crippen LogP contribution in [-0.2, 0) is 0 Å². The first-order valence-electron chi connectivity index (χ1n) is 8.22. The van der Waals surface area contributed by atoms with Crippen molar-refractivity contribution in [2.24, 2.45) is 5.92 Å². The van der Waals surface area contributed by atoms with Crippen LogP contribution in [0.3, 0.4) is 0 Å². The minimum Gasteiger partial charge on any atom is -0.508 e. The summed E-state index contributed by atoms with van der Waals surface area (Å²) in [5, 5.41) is 19.9. The maximum absolute atomic E-state index is 12.6. The van der Waals surface area contributed by atoms with Crippen LogP contribution in [0, 0.1) is 5.92 Å². The topological polar surface area (TPSA) is 70.0 Å². The molecule has 2 aromatic rings. The van der Waals surface area contributed by atoms with E-state index in [4.69, 9.17) is 16.3 Å². The molecule has 3 rings (SSSR count). The minimum atomic E-state index is -0.232. The number of hydrogen-bond donors (Lipinski definition) is 2. The molecule has 1 aliphatic heterocycles. The third kappa shape index (κ3) is 4.37. The lowest BCUT2D eigenvalue weighted by Crippen LogP contribution is -2.41. The second kappa shape index (κ2) is 7.66. The molecule has 0 spiro atoms. The molecule has 6 heteroatoms. The van der Waals surface area contributed by atoms with Gasteiger partial charge in [-0.05, 0) is 43.2 Å². The largest absolute Gasteiger partial charge is 0.508 e. The van der Waals surface area contributed by atoms with E-state index in [1.54, 1.807) is 17.0 Å². The number of ether oxygens (including phenoxy) is 1. The number of aromatic hydroxyl groups is 2. The van der Waals surface area contributed by atoms with E-state index >= 15 is 0 Å². The van der Waals surface area contributed by atoms with Crippen molar-refractivity contribution in [1.29, 1.82) is 0 Å². The molecule has 1 saturated heterocycles. The summed E-state index contributed by atoms with van der Waals surface area (Å²) in [6, 6.07) is 11.3. The molecule has 0 aliphatic carbocycles. The Kier molecular flexibility index (Phi) is 5.34. The van der Waals surface area contributed by atoms with Crippen molar-refractivity contribution >= 4 is 17.5 Å². The number of carbonyl (C=O) groups excluding carboxylic acids is 1. The lowest BCUT2D eigenvalue weighted by Gasteiger charge is -2.32. The number of phenols is 2. The van der Waals surface area contributed by atoms with Crippen LogP contribution in [0.4, 0.5) is 0 Å². The molecule has 1 atom stereocenters. The normalized spacial score (nSPS) is 17.3. The Balaban J connectivity index is 1.61. The number of phenolic OH excluding ortho intramolecular Hbond substituents is 2. The average molecular weight is 362 g/mol. The van der Waals surface area contributed by atoms with Crippen LogP contribution < -0.4 is 4.74 Å². The van der Waals surface area contributed by atoms with Crippen LogP contribution in [0.25, 0.3) is 0 Å². The maximum Gasteiger partial charge on any atom is 0.257 e. The van der Waals surface area contributed by atoms with Crippen molar-refractivity contribution in [2.45, 2.75) is 12.8 Å². The van der Waals surface area contributed by atoms with Crippen molar-refractivity contribution in [3.8, 4) is 17.2 Å². The van der Waals surface area contributed by atoms with Crippen LogP contribution in [0.5, 0.6) is 17.2 Å². The lowest BCUT2D eigenvalue weighted by atomic mass is 9.98. The molecular formula is C19H20ClNO4. The van der Waals surface area contributed by atoms with Crippen molar-refractivity contribution in [3.05, 3.63) is 53.1 Å². The van der Waals surface area contributed by atoms with E-state index in [9.17, 15) is 15.0 Å². The standard InChI is InChI=1S/C19H20ClNO4/c20-14-4-1-5-16(9-14)25-12-13-3-2-8-21(11-13)19(24)17-7-6-15(22)10-18(17)23/h1,4-7,9-10,13,22-23H,2-3,8,11-12H2. The smallest absolute Gasteiger partial charge is 0.257 e.